The van der Waals surface area contributed by atoms with Gasteiger partial charge in [0.05, 0.1) is 13.2 Å². The zero-order valence-corrected chi connectivity index (χ0v) is 11.8. The summed E-state index contributed by atoms with van der Waals surface area (Å²) in [4.78, 5) is 2.30. The van der Waals surface area contributed by atoms with Gasteiger partial charge in [0.25, 0.3) is 0 Å². The van der Waals surface area contributed by atoms with E-state index in [9.17, 15) is 0 Å². The van der Waals surface area contributed by atoms with Gasteiger partial charge in [-0.15, -0.1) is 0 Å². The molecule has 0 saturated carbocycles. The molecule has 0 N–H and O–H groups in total. The van der Waals surface area contributed by atoms with E-state index in [2.05, 4.69) is 36.7 Å². The number of benzene rings is 1. The Balaban J connectivity index is 1.99. The number of hydrogen-bond donors (Lipinski definition) is 1. The molecule has 3 nitrogen and oxygen atoms in total. The Kier molecular flexibility index (Phi) is 5.20. The van der Waals surface area contributed by atoms with Crippen molar-refractivity contribution in [1.82, 2.24) is 4.90 Å². The maximum atomic E-state index is 5.70. The van der Waals surface area contributed by atoms with E-state index < -0.39 is 0 Å². The van der Waals surface area contributed by atoms with Crippen LogP contribution in [0.3, 0.4) is 0 Å². The van der Waals surface area contributed by atoms with Crippen LogP contribution in [0.4, 0.5) is 0 Å². The largest absolute Gasteiger partial charge is 0.490 e. The summed E-state index contributed by atoms with van der Waals surface area (Å²) in [6.45, 7) is 3.49. The van der Waals surface area contributed by atoms with Gasteiger partial charge in [0.15, 0.2) is 11.5 Å². The minimum Gasteiger partial charge on any atom is -0.490 e. The smallest absolute Gasteiger partial charge is 0.161 e. The van der Waals surface area contributed by atoms with Crippen LogP contribution in [0.25, 0.3) is 0 Å². The van der Waals surface area contributed by atoms with E-state index >= 15 is 0 Å². The minimum absolute atomic E-state index is 0.742. The third-order valence-electron chi connectivity index (χ3n) is 2.96. The highest BCUT2D eigenvalue weighted by atomic mass is 32.1. The Hall–Kier alpha value is -0.870. The van der Waals surface area contributed by atoms with Crippen LogP contribution < -0.4 is 9.47 Å². The summed E-state index contributed by atoms with van der Waals surface area (Å²) in [7, 11) is 2.13. The van der Waals surface area contributed by atoms with Crippen LogP contribution in [0, 0.1) is 0 Å². The lowest BCUT2D eigenvalue weighted by Crippen LogP contribution is -2.19. The lowest BCUT2D eigenvalue weighted by atomic mass is 10.2. The standard InChI is InChI=1S/C14H21NO2S/c1-15(6-2-9-18)11-12-4-5-13-14(10-12)17-8-3-7-16-13/h4-5,10,18H,2-3,6-9,11H2,1H3. The van der Waals surface area contributed by atoms with Gasteiger partial charge in [-0.25, -0.2) is 0 Å². The Morgan fingerprint density at radius 1 is 1.22 bits per heavy atom. The molecule has 1 aliphatic heterocycles. The fourth-order valence-electron chi connectivity index (χ4n) is 2.04. The quantitative estimate of drug-likeness (QED) is 0.829. The van der Waals surface area contributed by atoms with E-state index in [0.29, 0.717) is 0 Å². The second kappa shape index (κ2) is 6.90. The fourth-order valence-corrected chi connectivity index (χ4v) is 2.18. The molecule has 0 atom stereocenters. The predicted octanol–water partition coefficient (Wildman–Crippen LogP) is 2.60. The van der Waals surface area contributed by atoms with Crippen molar-refractivity contribution in [3.63, 3.8) is 0 Å². The number of nitrogens with zero attached hydrogens (tertiary/aromatic N) is 1. The second-order valence-corrected chi connectivity index (χ2v) is 5.09. The molecule has 100 valence electrons. The number of rotatable bonds is 5. The lowest BCUT2D eigenvalue weighted by molar-refractivity contribution is 0.296. The highest BCUT2D eigenvalue weighted by Crippen LogP contribution is 2.30. The maximum Gasteiger partial charge on any atom is 0.161 e. The SMILES string of the molecule is CN(CCCS)Cc1ccc2c(c1)OCCCO2. The van der Waals surface area contributed by atoms with Crippen molar-refractivity contribution >= 4 is 12.6 Å². The minimum atomic E-state index is 0.742. The molecule has 18 heavy (non-hydrogen) atoms. The summed E-state index contributed by atoms with van der Waals surface area (Å²) in [5.41, 5.74) is 1.26. The average Bonchev–Trinajstić information content (AvgIpc) is 2.61. The van der Waals surface area contributed by atoms with Crippen molar-refractivity contribution in [2.45, 2.75) is 19.4 Å². The van der Waals surface area contributed by atoms with Gasteiger partial charge in [-0.2, -0.15) is 12.6 Å². The first-order chi connectivity index (χ1) is 8.79. The molecule has 0 radical (unpaired) electrons. The first kappa shape index (κ1) is 13.6. The molecule has 0 spiro atoms. The van der Waals surface area contributed by atoms with Gasteiger partial charge < -0.3 is 14.4 Å². The molecule has 4 heteroatoms. The molecule has 1 aliphatic rings. The van der Waals surface area contributed by atoms with Gasteiger partial charge in [0.2, 0.25) is 0 Å². The van der Waals surface area contributed by atoms with Crippen molar-refractivity contribution in [3.8, 4) is 11.5 Å². The van der Waals surface area contributed by atoms with E-state index in [-0.39, 0.29) is 0 Å². The molecule has 0 aromatic heterocycles. The van der Waals surface area contributed by atoms with E-state index in [1.165, 1.54) is 5.56 Å². The molecular formula is C14H21NO2S. The van der Waals surface area contributed by atoms with Crippen molar-refractivity contribution in [2.24, 2.45) is 0 Å². The first-order valence-electron chi connectivity index (χ1n) is 6.47. The van der Waals surface area contributed by atoms with Crippen molar-refractivity contribution in [2.75, 3.05) is 32.6 Å². The van der Waals surface area contributed by atoms with E-state index in [1.54, 1.807) is 0 Å². The molecule has 0 saturated heterocycles. The Morgan fingerprint density at radius 3 is 2.78 bits per heavy atom. The zero-order chi connectivity index (χ0) is 12.8. The van der Waals surface area contributed by atoms with Crippen molar-refractivity contribution in [1.29, 1.82) is 0 Å². The monoisotopic (exact) mass is 267 g/mol. The molecule has 0 unspecified atom stereocenters. The molecule has 1 aromatic rings. The van der Waals surface area contributed by atoms with Crippen LogP contribution in [0.2, 0.25) is 0 Å². The number of thiol groups is 1. The molecule has 0 fully saturated rings. The summed E-state index contributed by atoms with van der Waals surface area (Å²) < 4.78 is 11.3. The summed E-state index contributed by atoms with van der Waals surface area (Å²) in [6, 6.07) is 6.23. The van der Waals surface area contributed by atoms with Gasteiger partial charge >= 0.3 is 0 Å². The first-order valence-corrected chi connectivity index (χ1v) is 7.11. The molecule has 1 heterocycles. The van der Waals surface area contributed by atoms with Crippen LogP contribution in [0.15, 0.2) is 18.2 Å². The van der Waals surface area contributed by atoms with Gasteiger partial charge in [-0.1, -0.05) is 6.07 Å². The zero-order valence-electron chi connectivity index (χ0n) is 10.9. The summed E-state index contributed by atoms with van der Waals surface area (Å²) >= 11 is 4.24. The molecule has 2 rings (SSSR count). The number of hydrogen-bond acceptors (Lipinski definition) is 4. The van der Waals surface area contributed by atoms with Crippen LogP contribution in [0.5, 0.6) is 11.5 Å². The average molecular weight is 267 g/mol. The molecule has 0 amide bonds. The molecule has 1 aromatic carbocycles. The van der Waals surface area contributed by atoms with Crippen LogP contribution in [-0.2, 0) is 6.54 Å². The summed E-state index contributed by atoms with van der Waals surface area (Å²) in [6.07, 6.45) is 2.07. The number of ether oxygens (including phenoxy) is 2. The van der Waals surface area contributed by atoms with Gasteiger partial charge in [0, 0.05) is 13.0 Å². The highest BCUT2D eigenvalue weighted by molar-refractivity contribution is 7.80. The van der Waals surface area contributed by atoms with Gasteiger partial charge in [0.1, 0.15) is 0 Å². The molecule has 0 bridgehead atoms. The van der Waals surface area contributed by atoms with Crippen LogP contribution in [-0.4, -0.2) is 37.5 Å². The Labute approximate surface area is 114 Å². The fraction of sp³-hybridized carbons (Fsp3) is 0.571. The topological polar surface area (TPSA) is 21.7 Å². The maximum absolute atomic E-state index is 5.70. The van der Waals surface area contributed by atoms with Gasteiger partial charge in [-0.3, -0.25) is 0 Å². The van der Waals surface area contributed by atoms with Gasteiger partial charge in [-0.05, 0) is 43.5 Å². The third kappa shape index (κ3) is 3.82. The van der Waals surface area contributed by atoms with E-state index in [4.69, 9.17) is 9.47 Å². The second-order valence-electron chi connectivity index (χ2n) is 4.65. The normalized spacial score (nSPS) is 14.6. The van der Waals surface area contributed by atoms with E-state index in [1.807, 2.05) is 6.07 Å². The summed E-state index contributed by atoms with van der Waals surface area (Å²) in [5.74, 6) is 2.69. The van der Waals surface area contributed by atoms with Crippen LogP contribution >= 0.6 is 12.6 Å². The Morgan fingerprint density at radius 2 is 2.00 bits per heavy atom. The lowest BCUT2D eigenvalue weighted by Gasteiger charge is -2.17. The summed E-state index contributed by atoms with van der Waals surface area (Å²) in [5, 5.41) is 0. The highest BCUT2D eigenvalue weighted by Gasteiger charge is 2.11. The van der Waals surface area contributed by atoms with E-state index in [0.717, 1.165) is 56.4 Å². The molecular weight excluding hydrogens is 246 g/mol. The number of fused-ring (bicyclic) bond motifs is 1. The predicted molar refractivity (Wildman–Crippen MR) is 76.9 cm³/mol. The van der Waals surface area contributed by atoms with Crippen molar-refractivity contribution in [3.05, 3.63) is 23.8 Å². The van der Waals surface area contributed by atoms with Crippen molar-refractivity contribution < 1.29 is 9.47 Å². The Bertz CT molecular complexity index is 384. The molecule has 0 aliphatic carbocycles. The third-order valence-corrected chi connectivity index (χ3v) is 3.28. The van der Waals surface area contributed by atoms with Crippen LogP contribution in [0.1, 0.15) is 18.4 Å².